The van der Waals surface area contributed by atoms with E-state index in [0.29, 0.717) is 36.4 Å². The van der Waals surface area contributed by atoms with Crippen molar-refractivity contribution in [2.45, 2.75) is 33.1 Å². The van der Waals surface area contributed by atoms with Gasteiger partial charge in [-0.2, -0.15) is 0 Å². The highest BCUT2D eigenvalue weighted by molar-refractivity contribution is 7.14. The summed E-state index contributed by atoms with van der Waals surface area (Å²) in [5, 5.41) is 1.98. The van der Waals surface area contributed by atoms with E-state index in [-0.39, 0.29) is 23.6 Å². The molecule has 3 amide bonds. The molecule has 0 saturated carbocycles. The summed E-state index contributed by atoms with van der Waals surface area (Å²) in [6.07, 6.45) is 2.01. The number of fused-ring (bicyclic) bond motifs is 1. The fourth-order valence-corrected chi connectivity index (χ4v) is 5.20. The molecule has 2 heterocycles. The van der Waals surface area contributed by atoms with Gasteiger partial charge in [0.2, 0.25) is 5.91 Å². The van der Waals surface area contributed by atoms with E-state index in [0.717, 1.165) is 22.8 Å². The van der Waals surface area contributed by atoms with Crippen LogP contribution in [0, 0.1) is 12.8 Å². The Morgan fingerprint density at radius 3 is 2.47 bits per heavy atom. The van der Waals surface area contributed by atoms with Crippen LogP contribution in [-0.2, 0) is 11.2 Å². The molecule has 1 fully saturated rings. The second-order valence-electron chi connectivity index (χ2n) is 8.11. The fourth-order valence-electron chi connectivity index (χ4n) is 4.19. The van der Waals surface area contributed by atoms with Gasteiger partial charge in [0.05, 0.1) is 4.88 Å². The van der Waals surface area contributed by atoms with Gasteiger partial charge in [-0.25, -0.2) is 0 Å². The number of nitrogens with one attached hydrogen (secondary N) is 2. The third kappa shape index (κ3) is 4.53. The number of hydrogen-bond donors (Lipinski definition) is 2. The maximum Gasteiger partial charge on any atom is 0.279 e. The van der Waals surface area contributed by atoms with Gasteiger partial charge in [-0.05, 0) is 54.7 Å². The van der Waals surface area contributed by atoms with Gasteiger partial charge >= 0.3 is 0 Å². The second-order valence-corrected chi connectivity index (χ2v) is 9.24. The Bertz CT molecular complexity index is 1160. The average molecular weight is 450 g/mol. The van der Waals surface area contributed by atoms with Gasteiger partial charge in [0.25, 0.3) is 11.8 Å². The van der Waals surface area contributed by atoms with E-state index in [1.165, 1.54) is 16.2 Å². The maximum absolute atomic E-state index is 13.1. The predicted molar refractivity (Wildman–Crippen MR) is 127 cm³/mol. The normalized spacial score (nSPS) is 14.4. The Morgan fingerprint density at radius 1 is 1.03 bits per heavy atom. The Balaban J connectivity index is 1.31. The fraction of sp³-hybridized carbons (Fsp3) is 0.320. The van der Waals surface area contributed by atoms with Crippen molar-refractivity contribution < 1.29 is 14.4 Å². The van der Waals surface area contributed by atoms with Crippen molar-refractivity contribution in [3.8, 4) is 0 Å². The highest BCUT2D eigenvalue weighted by Crippen LogP contribution is 2.24. The van der Waals surface area contributed by atoms with Crippen molar-refractivity contribution in [3.63, 3.8) is 0 Å². The molecule has 1 aliphatic heterocycles. The minimum absolute atomic E-state index is 0.00578. The zero-order chi connectivity index (χ0) is 22.7. The summed E-state index contributed by atoms with van der Waals surface area (Å²) in [5.41, 5.74) is 6.88. The largest absolute Gasteiger partial charge is 0.339 e. The van der Waals surface area contributed by atoms with E-state index in [1.807, 2.05) is 60.4 Å². The summed E-state index contributed by atoms with van der Waals surface area (Å²) in [7, 11) is 0. The molecule has 3 aromatic rings. The molecule has 6 nitrogen and oxygen atoms in total. The minimum atomic E-state index is -0.297. The first-order valence-electron chi connectivity index (χ1n) is 10.9. The Morgan fingerprint density at radius 2 is 1.75 bits per heavy atom. The number of benzene rings is 2. The van der Waals surface area contributed by atoms with E-state index < -0.39 is 0 Å². The first-order valence-corrected chi connectivity index (χ1v) is 11.8. The Kier molecular flexibility index (Phi) is 6.55. The molecule has 32 heavy (non-hydrogen) atoms. The molecule has 166 valence electrons. The molecule has 0 bridgehead atoms. The van der Waals surface area contributed by atoms with Crippen LogP contribution in [0.5, 0.6) is 0 Å². The first-order chi connectivity index (χ1) is 15.5. The number of likely N-dealkylation sites (tertiary alicyclic amines) is 1. The summed E-state index contributed by atoms with van der Waals surface area (Å²) in [4.78, 5) is 41.6. The van der Waals surface area contributed by atoms with E-state index in [2.05, 4.69) is 17.8 Å². The Hall–Kier alpha value is -3.19. The molecule has 0 aliphatic carbocycles. The number of rotatable bonds is 4. The maximum atomic E-state index is 13.1. The Labute approximate surface area is 191 Å². The molecule has 2 N–H and O–H groups in total. The van der Waals surface area contributed by atoms with E-state index in [4.69, 9.17) is 0 Å². The highest BCUT2D eigenvalue weighted by Gasteiger charge is 2.28. The third-order valence-electron chi connectivity index (χ3n) is 6.04. The van der Waals surface area contributed by atoms with Crippen molar-refractivity contribution in [2.24, 2.45) is 5.92 Å². The van der Waals surface area contributed by atoms with Crippen LogP contribution < -0.4 is 10.9 Å². The molecule has 1 aromatic heterocycles. The SMILES string of the molecule is CCc1sc(C(=O)NNC(=O)C2CCN(C(=O)c3cccc4ccccc34)CC2)cc1C. The summed E-state index contributed by atoms with van der Waals surface area (Å²) in [6, 6.07) is 15.5. The van der Waals surface area contributed by atoms with Crippen molar-refractivity contribution >= 4 is 39.8 Å². The standard InChI is InChI=1S/C25H27N3O3S/c1-3-21-16(2)15-22(32-21)24(30)27-26-23(29)18-11-13-28(14-12-18)25(31)20-10-6-8-17-7-4-5-9-19(17)20/h4-10,15,18H,3,11-14H2,1-2H3,(H,26,29)(H,27,30). The number of aryl methyl sites for hydroxylation is 2. The number of hydrogen-bond acceptors (Lipinski definition) is 4. The summed E-state index contributed by atoms with van der Waals surface area (Å²) >= 11 is 1.45. The van der Waals surface area contributed by atoms with Gasteiger partial charge in [0, 0.05) is 29.4 Å². The number of nitrogens with zero attached hydrogens (tertiary/aromatic N) is 1. The van der Waals surface area contributed by atoms with Gasteiger partial charge in [0.1, 0.15) is 0 Å². The lowest BCUT2D eigenvalue weighted by Gasteiger charge is -2.31. The zero-order valence-corrected chi connectivity index (χ0v) is 19.1. The number of carbonyl (C=O) groups excluding carboxylic acids is 3. The van der Waals surface area contributed by atoms with Crippen LogP contribution in [0.15, 0.2) is 48.5 Å². The molecule has 1 saturated heterocycles. The summed E-state index contributed by atoms with van der Waals surface area (Å²) in [6.45, 7) is 5.06. The molecule has 2 aromatic carbocycles. The monoisotopic (exact) mass is 449 g/mol. The van der Waals surface area contributed by atoms with Gasteiger partial charge in [0.15, 0.2) is 0 Å². The smallest absolute Gasteiger partial charge is 0.279 e. The van der Waals surface area contributed by atoms with Crippen molar-refractivity contribution in [2.75, 3.05) is 13.1 Å². The van der Waals surface area contributed by atoms with Crippen molar-refractivity contribution in [1.82, 2.24) is 15.8 Å². The molecule has 1 aliphatic rings. The van der Waals surface area contributed by atoms with Crippen LogP contribution in [0.4, 0.5) is 0 Å². The van der Waals surface area contributed by atoms with E-state index >= 15 is 0 Å². The van der Waals surface area contributed by atoms with Gasteiger partial charge < -0.3 is 4.90 Å². The van der Waals surface area contributed by atoms with Crippen LogP contribution in [0.2, 0.25) is 0 Å². The quantitative estimate of drug-likeness (QED) is 0.589. The molecule has 0 spiro atoms. The van der Waals surface area contributed by atoms with Crippen LogP contribution in [0.3, 0.4) is 0 Å². The molecule has 0 unspecified atom stereocenters. The highest BCUT2D eigenvalue weighted by atomic mass is 32.1. The number of amides is 3. The van der Waals surface area contributed by atoms with Gasteiger partial charge in [-0.3, -0.25) is 25.2 Å². The zero-order valence-electron chi connectivity index (χ0n) is 18.3. The van der Waals surface area contributed by atoms with Gasteiger partial charge in [-0.15, -0.1) is 11.3 Å². The van der Waals surface area contributed by atoms with Crippen LogP contribution in [-0.4, -0.2) is 35.7 Å². The molecular formula is C25H27N3O3S. The van der Waals surface area contributed by atoms with Crippen molar-refractivity contribution in [1.29, 1.82) is 0 Å². The first kappa shape index (κ1) is 22.0. The number of piperidine rings is 1. The van der Waals surface area contributed by atoms with Crippen LogP contribution in [0.25, 0.3) is 10.8 Å². The van der Waals surface area contributed by atoms with E-state index in [9.17, 15) is 14.4 Å². The second kappa shape index (κ2) is 9.53. The van der Waals surface area contributed by atoms with Crippen LogP contribution in [0.1, 0.15) is 50.2 Å². The summed E-state index contributed by atoms with van der Waals surface area (Å²) in [5.74, 6) is -0.744. The summed E-state index contributed by atoms with van der Waals surface area (Å²) < 4.78 is 0. The number of thiophene rings is 1. The molecule has 7 heteroatoms. The topological polar surface area (TPSA) is 78.5 Å². The lowest BCUT2D eigenvalue weighted by molar-refractivity contribution is -0.127. The number of hydrazine groups is 1. The van der Waals surface area contributed by atoms with E-state index in [1.54, 1.807) is 0 Å². The third-order valence-corrected chi connectivity index (χ3v) is 7.42. The molecule has 4 rings (SSSR count). The lowest BCUT2D eigenvalue weighted by Crippen LogP contribution is -2.48. The predicted octanol–water partition coefficient (Wildman–Crippen LogP) is 4.09. The molecule has 0 atom stereocenters. The number of carbonyl (C=O) groups is 3. The average Bonchev–Trinajstić information content (AvgIpc) is 3.22. The van der Waals surface area contributed by atoms with Crippen LogP contribution >= 0.6 is 11.3 Å². The van der Waals surface area contributed by atoms with Gasteiger partial charge in [-0.1, -0.05) is 43.3 Å². The minimum Gasteiger partial charge on any atom is -0.339 e. The molecule has 0 radical (unpaired) electrons. The van der Waals surface area contributed by atoms with Crippen molar-refractivity contribution in [3.05, 3.63) is 69.4 Å². The molecular weight excluding hydrogens is 422 g/mol. The lowest BCUT2D eigenvalue weighted by atomic mass is 9.95.